The summed E-state index contributed by atoms with van der Waals surface area (Å²) in [4.78, 5) is 25.0. The fourth-order valence-electron chi connectivity index (χ4n) is 2.89. The minimum absolute atomic E-state index is 0.193. The van der Waals surface area contributed by atoms with Gasteiger partial charge in [0.05, 0.1) is 13.3 Å². The number of aromatic nitrogens is 6. The molecule has 0 saturated carbocycles. The van der Waals surface area contributed by atoms with E-state index in [0.29, 0.717) is 36.1 Å². The summed E-state index contributed by atoms with van der Waals surface area (Å²) in [6, 6.07) is 5.18. The Labute approximate surface area is 184 Å². The number of amides is 2. The van der Waals surface area contributed by atoms with Crippen molar-refractivity contribution >= 4 is 17.6 Å². The normalized spacial score (nSPS) is 11.5. The highest BCUT2D eigenvalue weighted by molar-refractivity contribution is 5.87. The summed E-state index contributed by atoms with van der Waals surface area (Å²) in [6.07, 6.45) is 5.64. The molecule has 4 heterocycles. The van der Waals surface area contributed by atoms with E-state index in [1.807, 2.05) is 45.2 Å². The third kappa shape index (κ3) is 4.82. The Morgan fingerprint density at radius 3 is 2.78 bits per heavy atom. The molecule has 4 rings (SSSR count). The second kappa shape index (κ2) is 8.61. The Kier molecular flexibility index (Phi) is 5.71. The van der Waals surface area contributed by atoms with Crippen molar-refractivity contribution in [2.24, 2.45) is 0 Å². The minimum Gasteiger partial charge on any atom is -0.495 e. The molecule has 0 atom stereocenters. The molecule has 0 radical (unpaired) electrons. The van der Waals surface area contributed by atoms with Crippen molar-refractivity contribution in [3.05, 3.63) is 48.5 Å². The highest BCUT2D eigenvalue weighted by Gasteiger charge is 2.21. The Bertz CT molecular complexity index is 1240. The number of nitrogens with zero attached hydrogens (tertiary/aromatic N) is 6. The molecule has 2 amide bonds. The zero-order chi connectivity index (χ0) is 22.7. The van der Waals surface area contributed by atoms with Gasteiger partial charge in [0.15, 0.2) is 11.5 Å². The van der Waals surface area contributed by atoms with E-state index in [4.69, 9.17) is 9.26 Å². The number of methoxy groups -OCH3 is 1. The third-order valence-corrected chi connectivity index (χ3v) is 4.58. The number of ether oxygens (including phenoxy) is 1. The lowest BCUT2D eigenvalue weighted by Crippen LogP contribution is -2.31. The van der Waals surface area contributed by atoms with Crippen molar-refractivity contribution in [1.82, 2.24) is 35.0 Å². The zero-order valence-electron chi connectivity index (χ0n) is 18.3. The van der Waals surface area contributed by atoms with Gasteiger partial charge in [0, 0.05) is 41.9 Å². The highest BCUT2D eigenvalue weighted by Crippen LogP contribution is 2.23. The summed E-state index contributed by atoms with van der Waals surface area (Å²) >= 11 is 0. The van der Waals surface area contributed by atoms with E-state index in [-0.39, 0.29) is 11.4 Å². The molecular formula is C21H24N8O3. The van der Waals surface area contributed by atoms with Crippen LogP contribution in [0.1, 0.15) is 32.5 Å². The Morgan fingerprint density at radius 1 is 1.19 bits per heavy atom. The van der Waals surface area contributed by atoms with Crippen LogP contribution in [0.4, 0.5) is 10.7 Å². The van der Waals surface area contributed by atoms with Crippen LogP contribution < -0.4 is 15.4 Å². The van der Waals surface area contributed by atoms with Crippen LogP contribution in [0.25, 0.3) is 16.8 Å². The maximum absolute atomic E-state index is 12.2. The van der Waals surface area contributed by atoms with E-state index in [0.717, 1.165) is 11.1 Å². The van der Waals surface area contributed by atoms with Crippen LogP contribution in [0.3, 0.4) is 0 Å². The van der Waals surface area contributed by atoms with Crippen LogP contribution in [-0.2, 0) is 11.8 Å². The number of urea groups is 1. The summed E-state index contributed by atoms with van der Waals surface area (Å²) in [7, 11) is 1.59. The van der Waals surface area contributed by atoms with E-state index in [1.54, 1.807) is 24.0 Å². The van der Waals surface area contributed by atoms with Crippen molar-refractivity contribution in [1.29, 1.82) is 0 Å². The molecule has 0 saturated heterocycles. The van der Waals surface area contributed by atoms with Crippen molar-refractivity contribution < 1.29 is 14.1 Å². The molecule has 0 bridgehead atoms. The molecule has 0 spiro atoms. The average molecular weight is 436 g/mol. The molecule has 11 heteroatoms. The van der Waals surface area contributed by atoms with Gasteiger partial charge in [-0.25, -0.2) is 9.31 Å². The van der Waals surface area contributed by atoms with Gasteiger partial charge in [0.1, 0.15) is 5.75 Å². The Hall–Kier alpha value is -4.02. The lowest BCUT2D eigenvalue weighted by Gasteiger charge is -2.10. The van der Waals surface area contributed by atoms with E-state index in [2.05, 4.69) is 35.8 Å². The van der Waals surface area contributed by atoms with Crippen molar-refractivity contribution in [2.75, 3.05) is 19.0 Å². The minimum atomic E-state index is -0.419. The highest BCUT2D eigenvalue weighted by atomic mass is 16.5. The maximum atomic E-state index is 12.2. The first kappa shape index (κ1) is 21.2. The number of fused-ring (bicyclic) bond motifs is 1. The molecule has 11 nitrogen and oxygen atoms in total. The first-order chi connectivity index (χ1) is 15.3. The van der Waals surface area contributed by atoms with Gasteiger partial charge in [0.2, 0.25) is 5.89 Å². The fourth-order valence-corrected chi connectivity index (χ4v) is 2.89. The lowest BCUT2D eigenvalue weighted by atomic mass is 9.97. The number of rotatable bonds is 6. The second-order valence-electron chi connectivity index (χ2n) is 8.17. The van der Waals surface area contributed by atoms with Crippen LogP contribution in [0.15, 0.2) is 41.3 Å². The number of hydrogen-bond acceptors (Lipinski definition) is 8. The third-order valence-electron chi connectivity index (χ3n) is 4.58. The summed E-state index contributed by atoms with van der Waals surface area (Å²) in [5.74, 6) is 1.96. The van der Waals surface area contributed by atoms with E-state index in [1.165, 1.54) is 0 Å². The molecule has 0 aromatic carbocycles. The zero-order valence-corrected chi connectivity index (χ0v) is 18.3. The average Bonchev–Trinajstić information content (AvgIpc) is 3.39. The molecule has 0 aliphatic carbocycles. The number of pyridine rings is 2. The largest absolute Gasteiger partial charge is 0.495 e. The van der Waals surface area contributed by atoms with Gasteiger partial charge < -0.3 is 14.6 Å². The molecule has 4 aromatic heterocycles. The van der Waals surface area contributed by atoms with Crippen molar-refractivity contribution in [2.45, 2.75) is 32.6 Å². The number of carbonyl (C=O) groups excluding carboxylic acids is 1. The summed E-state index contributed by atoms with van der Waals surface area (Å²) < 4.78 is 12.1. The molecule has 0 fully saturated rings. The van der Waals surface area contributed by atoms with Gasteiger partial charge in [0.25, 0.3) is 5.95 Å². The lowest BCUT2D eigenvalue weighted by molar-refractivity contribution is 0.252. The Morgan fingerprint density at radius 2 is 2.03 bits per heavy atom. The fraction of sp³-hybridized carbons (Fsp3) is 0.333. The van der Waals surface area contributed by atoms with Crippen LogP contribution >= 0.6 is 0 Å². The quantitative estimate of drug-likeness (QED) is 0.471. The van der Waals surface area contributed by atoms with E-state index < -0.39 is 6.03 Å². The number of hydrogen-bond donors (Lipinski definition) is 2. The predicted molar refractivity (Wildman–Crippen MR) is 116 cm³/mol. The molecule has 0 unspecified atom stereocenters. The maximum Gasteiger partial charge on any atom is 0.321 e. The van der Waals surface area contributed by atoms with Crippen LogP contribution in [0, 0.1) is 0 Å². The van der Waals surface area contributed by atoms with Gasteiger partial charge in [-0.15, -0.1) is 5.10 Å². The van der Waals surface area contributed by atoms with Gasteiger partial charge in [-0.3, -0.25) is 10.3 Å². The SMILES string of the molecule is COc1cncc(-c2ccc3nc(NC(=O)NCCc4noc(C(C)(C)C)n4)nn3c2)c1. The predicted octanol–water partition coefficient (Wildman–Crippen LogP) is 2.84. The first-order valence-corrected chi connectivity index (χ1v) is 10.1. The number of nitrogens with one attached hydrogen (secondary N) is 2. The summed E-state index contributed by atoms with van der Waals surface area (Å²) in [6.45, 7) is 6.33. The topological polar surface area (TPSA) is 132 Å². The van der Waals surface area contributed by atoms with Gasteiger partial charge in [-0.2, -0.15) is 9.97 Å². The molecular weight excluding hydrogens is 412 g/mol. The molecule has 0 aliphatic heterocycles. The molecule has 4 aromatic rings. The molecule has 2 N–H and O–H groups in total. The standard InChI is InChI=1S/C21H24N8O3/c1-21(2,3)18-24-16(28-32-18)7-8-23-20(30)26-19-25-17-6-5-13(12-29(17)27-19)14-9-15(31-4)11-22-10-14/h5-6,9-12H,7-8H2,1-4H3,(H2,23,26,27,30). The second-order valence-corrected chi connectivity index (χ2v) is 8.17. The van der Waals surface area contributed by atoms with Crippen LogP contribution in [0.5, 0.6) is 5.75 Å². The number of anilines is 1. The monoisotopic (exact) mass is 436 g/mol. The first-order valence-electron chi connectivity index (χ1n) is 10.1. The van der Waals surface area contributed by atoms with Crippen LogP contribution in [0.2, 0.25) is 0 Å². The summed E-state index contributed by atoms with van der Waals surface area (Å²) in [5, 5.41) is 13.6. The van der Waals surface area contributed by atoms with Gasteiger partial charge >= 0.3 is 6.03 Å². The van der Waals surface area contributed by atoms with Crippen molar-refractivity contribution in [3.63, 3.8) is 0 Å². The summed E-state index contributed by atoms with van der Waals surface area (Å²) in [5.41, 5.74) is 2.15. The smallest absolute Gasteiger partial charge is 0.321 e. The van der Waals surface area contributed by atoms with Crippen LogP contribution in [-0.4, -0.2) is 49.4 Å². The van der Waals surface area contributed by atoms with E-state index >= 15 is 0 Å². The van der Waals surface area contributed by atoms with Crippen molar-refractivity contribution in [3.8, 4) is 16.9 Å². The van der Waals surface area contributed by atoms with E-state index in [9.17, 15) is 4.79 Å². The molecule has 166 valence electrons. The number of carbonyl (C=O) groups is 1. The van der Waals surface area contributed by atoms with Gasteiger partial charge in [-0.1, -0.05) is 25.9 Å². The van der Waals surface area contributed by atoms with Gasteiger partial charge in [-0.05, 0) is 18.2 Å². The molecule has 0 aliphatic rings. The molecule has 32 heavy (non-hydrogen) atoms. The Balaban J connectivity index is 1.36.